The minimum atomic E-state index is -1.67. The molecule has 0 radical (unpaired) electrons. The monoisotopic (exact) mass is 490 g/mol. The molecule has 5 heterocycles. The van der Waals surface area contributed by atoms with Crippen molar-refractivity contribution < 1.29 is 23.8 Å². The number of aromatic nitrogens is 2. The van der Waals surface area contributed by atoms with Gasteiger partial charge in [0.2, 0.25) is 5.60 Å². The van der Waals surface area contributed by atoms with Crippen molar-refractivity contribution >= 4 is 34.2 Å². The number of esters is 2. The number of pyridine rings is 2. The second-order valence-corrected chi connectivity index (χ2v) is 9.33. The molecule has 3 aliphatic heterocycles. The summed E-state index contributed by atoms with van der Waals surface area (Å²) in [6.45, 7) is 5.72. The summed E-state index contributed by atoms with van der Waals surface area (Å²) in [6, 6.07) is 7.37. The first kappa shape index (κ1) is 22.5. The number of cyclic esters (lactones) is 1. The quantitative estimate of drug-likeness (QED) is 0.339. The molecule has 10 nitrogen and oxygen atoms in total. The van der Waals surface area contributed by atoms with Crippen LogP contribution in [0.15, 0.2) is 29.1 Å². The van der Waals surface area contributed by atoms with Crippen LogP contribution in [0.3, 0.4) is 0 Å². The van der Waals surface area contributed by atoms with E-state index < -0.39 is 17.5 Å². The van der Waals surface area contributed by atoms with Crippen LogP contribution >= 0.6 is 0 Å². The molecule has 0 aliphatic carbocycles. The Balaban J connectivity index is 1.63. The van der Waals surface area contributed by atoms with Crippen molar-refractivity contribution in [2.75, 3.05) is 36.9 Å². The van der Waals surface area contributed by atoms with E-state index in [1.807, 2.05) is 12.1 Å². The maximum absolute atomic E-state index is 13.8. The van der Waals surface area contributed by atoms with Crippen LogP contribution in [0.5, 0.6) is 0 Å². The molecule has 3 aromatic rings. The maximum Gasteiger partial charge on any atom is 0.355 e. The van der Waals surface area contributed by atoms with Crippen LogP contribution in [0.1, 0.15) is 37.0 Å². The van der Waals surface area contributed by atoms with Crippen molar-refractivity contribution in [3.8, 4) is 11.4 Å². The molecule has 2 aromatic heterocycles. The number of rotatable bonds is 3. The molecule has 1 aromatic carbocycles. The Hall–Kier alpha value is -3.92. The highest BCUT2D eigenvalue weighted by molar-refractivity contribution is 5.99. The molecule has 186 valence electrons. The van der Waals surface area contributed by atoms with E-state index in [4.69, 9.17) is 24.9 Å². The standard InChI is InChI=1S/C26H26N4O6/c1-3-26(36-14(2)31)19-11-21-22-17(12-30(21)24(32)18(19)13-35-25(26)33)23(29-6-8-34-9-7-29)16-10-15(27)4-5-20(16)28-22/h4-5,10-11H,3,6-9,12-13,27H2,1-2H3/t26-/m0/s1. The first-order valence-electron chi connectivity index (χ1n) is 12.0. The number of ether oxygens (including phenoxy) is 3. The Morgan fingerprint density at radius 2 is 1.97 bits per heavy atom. The number of anilines is 2. The molecule has 0 bridgehead atoms. The van der Waals surface area contributed by atoms with Gasteiger partial charge in [-0.2, -0.15) is 0 Å². The SMILES string of the molecule is CC[C@@]1(OC(C)=O)C(=O)OCc2c1cc1n(c2=O)Cc2c-1nc1ccc(N)cc1c2N1CCOCC1. The van der Waals surface area contributed by atoms with E-state index in [2.05, 4.69) is 4.90 Å². The fourth-order valence-corrected chi connectivity index (χ4v) is 5.63. The van der Waals surface area contributed by atoms with Gasteiger partial charge in [0.25, 0.3) is 5.56 Å². The van der Waals surface area contributed by atoms with Gasteiger partial charge in [-0.25, -0.2) is 9.78 Å². The highest BCUT2D eigenvalue weighted by atomic mass is 16.6. The second kappa shape index (κ2) is 8.06. The smallest absolute Gasteiger partial charge is 0.355 e. The van der Waals surface area contributed by atoms with Crippen molar-refractivity contribution in [3.63, 3.8) is 0 Å². The highest BCUT2D eigenvalue weighted by Crippen LogP contribution is 2.44. The summed E-state index contributed by atoms with van der Waals surface area (Å²) in [5.41, 5.74) is 9.41. The van der Waals surface area contributed by atoms with Gasteiger partial charge in [0.1, 0.15) is 6.61 Å². The number of nitrogens with two attached hydrogens (primary N) is 1. The number of morpholine rings is 1. The minimum Gasteiger partial charge on any atom is -0.457 e. The Morgan fingerprint density at radius 1 is 1.19 bits per heavy atom. The number of fused-ring (bicyclic) bond motifs is 5. The highest BCUT2D eigenvalue weighted by Gasteiger charge is 2.50. The molecule has 10 heteroatoms. The summed E-state index contributed by atoms with van der Waals surface area (Å²) in [5.74, 6) is -1.30. The summed E-state index contributed by atoms with van der Waals surface area (Å²) < 4.78 is 18.1. The molecule has 3 aliphatic rings. The normalized spacial score (nSPS) is 20.5. The van der Waals surface area contributed by atoms with E-state index in [-0.39, 0.29) is 18.6 Å². The van der Waals surface area contributed by atoms with E-state index in [1.54, 1.807) is 23.6 Å². The third-order valence-corrected chi connectivity index (χ3v) is 7.29. The van der Waals surface area contributed by atoms with Gasteiger partial charge in [-0.05, 0) is 30.7 Å². The molecular weight excluding hydrogens is 464 g/mol. The molecular formula is C26H26N4O6. The lowest BCUT2D eigenvalue weighted by Gasteiger charge is -2.35. The first-order valence-corrected chi connectivity index (χ1v) is 12.0. The zero-order valence-corrected chi connectivity index (χ0v) is 20.1. The average molecular weight is 491 g/mol. The zero-order chi connectivity index (χ0) is 25.2. The Morgan fingerprint density at radius 3 is 2.69 bits per heavy atom. The van der Waals surface area contributed by atoms with Crippen LogP contribution in [-0.2, 0) is 42.6 Å². The first-order chi connectivity index (χ1) is 17.3. The average Bonchev–Trinajstić information content (AvgIpc) is 3.23. The molecule has 0 unspecified atom stereocenters. The Kier molecular flexibility index (Phi) is 5.04. The van der Waals surface area contributed by atoms with Crippen molar-refractivity contribution in [3.05, 3.63) is 51.3 Å². The van der Waals surface area contributed by atoms with Crippen LogP contribution in [0.25, 0.3) is 22.3 Å². The van der Waals surface area contributed by atoms with Crippen LogP contribution in [0.4, 0.5) is 11.4 Å². The van der Waals surface area contributed by atoms with Crippen molar-refractivity contribution in [1.29, 1.82) is 0 Å². The summed E-state index contributed by atoms with van der Waals surface area (Å²) in [5, 5.41) is 0.919. The van der Waals surface area contributed by atoms with E-state index in [0.29, 0.717) is 61.1 Å². The fourth-order valence-electron chi connectivity index (χ4n) is 5.63. The van der Waals surface area contributed by atoms with Gasteiger partial charge in [0.15, 0.2) is 0 Å². The number of hydrogen-bond donors (Lipinski definition) is 1. The number of benzene rings is 1. The van der Waals surface area contributed by atoms with Gasteiger partial charge in [0, 0.05) is 42.2 Å². The summed E-state index contributed by atoms with van der Waals surface area (Å²) >= 11 is 0. The van der Waals surface area contributed by atoms with Crippen molar-refractivity contribution in [2.45, 2.75) is 39.0 Å². The lowest BCUT2D eigenvalue weighted by Crippen LogP contribution is -2.47. The summed E-state index contributed by atoms with van der Waals surface area (Å²) in [6.07, 6.45) is 0.137. The number of carbonyl (C=O) groups excluding carboxylic acids is 2. The third kappa shape index (κ3) is 3.13. The molecule has 0 amide bonds. The van der Waals surface area contributed by atoms with E-state index in [1.165, 1.54) is 6.92 Å². The number of hydrogen-bond acceptors (Lipinski definition) is 9. The number of nitrogens with zero attached hydrogens (tertiary/aromatic N) is 3. The number of carbonyl (C=O) groups is 2. The van der Waals surface area contributed by atoms with E-state index in [9.17, 15) is 14.4 Å². The molecule has 0 spiro atoms. The minimum absolute atomic E-state index is 0.137. The van der Waals surface area contributed by atoms with Gasteiger partial charge in [-0.1, -0.05) is 6.92 Å². The summed E-state index contributed by atoms with van der Waals surface area (Å²) in [4.78, 5) is 45.9. The predicted octanol–water partition coefficient (Wildman–Crippen LogP) is 2.07. The van der Waals surface area contributed by atoms with Crippen LogP contribution in [0.2, 0.25) is 0 Å². The van der Waals surface area contributed by atoms with Crippen molar-refractivity contribution in [2.24, 2.45) is 0 Å². The second-order valence-electron chi connectivity index (χ2n) is 9.33. The van der Waals surface area contributed by atoms with Gasteiger partial charge in [-0.15, -0.1) is 0 Å². The third-order valence-electron chi connectivity index (χ3n) is 7.29. The van der Waals surface area contributed by atoms with Crippen LogP contribution in [-0.4, -0.2) is 47.8 Å². The molecule has 36 heavy (non-hydrogen) atoms. The maximum atomic E-state index is 13.8. The number of nitrogen functional groups attached to an aromatic ring is 1. The van der Waals surface area contributed by atoms with Crippen LogP contribution < -0.4 is 16.2 Å². The molecule has 1 atom stereocenters. The largest absolute Gasteiger partial charge is 0.457 e. The molecule has 6 rings (SSSR count). The van der Waals surface area contributed by atoms with E-state index in [0.717, 1.165) is 22.2 Å². The topological polar surface area (TPSA) is 126 Å². The molecule has 2 N–H and O–H groups in total. The van der Waals surface area contributed by atoms with Crippen LogP contribution in [0, 0.1) is 0 Å². The van der Waals surface area contributed by atoms with Gasteiger partial charge in [0.05, 0.1) is 47.9 Å². The Labute approximate surface area is 206 Å². The lowest BCUT2D eigenvalue weighted by atomic mass is 9.85. The molecule has 0 saturated carbocycles. The van der Waals surface area contributed by atoms with Gasteiger partial charge >= 0.3 is 11.9 Å². The van der Waals surface area contributed by atoms with E-state index >= 15 is 0 Å². The Bertz CT molecular complexity index is 1510. The predicted molar refractivity (Wildman–Crippen MR) is 132 cm³/mol. The molecule has 1 fully saturated rings. The van der Waals surface area contributed by atoms with Gasteiger partial charge in [-0.3, -0.25) is 9.59 Å². The zero-order valence-electron chi connectivity index (χ0n) is 20.1. The fraction of sp³-hybridized carbons (Fsp3) is 0.385. The lowest BCUT2D eigenvalue weighted by molar-refractivity contribution is -0.188. The molecule has 1 saturated heterocycles. The van der Waals surface area contributed by atoms with Crippen molar-refractivity contribution in [1.82, 2.24) is 9.55 Å². The van der Waals surface area contributed by atoms with Gasteiger partial charge < -0.3 is 29.4 Å². The summed E-state index contributed by atoms with van der Waals surface area (Å²) in [7, 11) is 0.